The van der Waals surface area contributed by atoms with Crippen LogP contribution < -0.4 is 10.2 Å². The number of ether oxygens (including phenoxy) is 1. The van der Waals surface area contributed by atoms with Crippen molar-refractivity contribution in [3.8, 4) is 0 Å². The van der Waals surface area contributed by atoms with Crippen LogP contribution in [0, 0.1) is 24.2 Å². The van der Waals surface area contributed by atoms with Crippen LogP contribution in [0.1, 0.15) is 37.3 Å². The molecule has 9 heteroatoms. The Kier molecular flexibility index (Phi) is 4.90. The van der Waals surface area contributed by atoms with Crippen LogP contribution in [0.15, 0.2) is 18.2 Å². The standard InChI is InChI=1S/C20H22F2N4O2S/c1-10(28-4)18(27)26(12-7-15(21)24-16(22)8-12)19-25-17(11(2)29-19)13-9-20(3)6-5-14(20)23-13/h7-10,14,23H,5-6H2,1-4H3. The van der Waals surface area contributed by atoms with Gasteiger partial charge in [0.25, 0.3) is 5.91 Å². The lowest BCUT2D eigenvalue weighted by molar-refractivity contribution is -0.126. The molecule has 29 heavy (non-hydrogen) atoms. The smallest absolute Gasteiger partial charge is 0.262 e. The zero-order chi connectivity index (χ0) is 20.9. The molecule has 4 rings (SSSR count). The van der Waals surface area contributed by atoms with E-state index in [4.69, 9.17) is 4.74 Å². The van der Waals surface area contributed by atoms with Gasteiger partial charge in [0, 0.05) is 35.6 Å². The third-order valence-corrected chi connectivity index (χ3v) is 6.69. The van der Waals surface area contributed by atoms with Crippen LogP contribution in [0.25, 0.3) is 5.70 Å². The van der Waals surface area contributed by atoms with E-state index < -0.39 is 23.9 Å². The number of carbonyl (C=O) groups excluding carboxylic acids is 1. The van der Waals surface area contributed by atoms with E-state index in [0.29, 0.717) is 11.2 Å². The molecular weight excluding hydrogens is 398 g/mol. The molecule has 0 spiro atoms. The van der Waals surface area contributed by atoms with Crippen molar-refractivity contribution in [2.24, 2.45) is 5.41 Å². The minimum atomic E-state index is -1.01. The molecule has 1 fully saturated rings. The molecule has 2 aromatic heterocycles. The molecule has 1 N–H and O–H groups in total. The number of carbonyl (C=O) groups is 1. The molecule has 1 aliphatic heterocycles. The minimum absolute atomic E-state index is 0.0181. The minimum Gasteiger partial charge on any atom is -0.380 e. The second-order valence-electron chi connectivity index (χ2n) is 7.72. The molecule has 6 nitrogen and oxygen atoms in total. The van der Waals surface area contributed by atoms with Gasteiger partial charge < -0.3 is 10.1 Å². The summed E-state index contributed by atoms with van der Waals surface area (Å²) < 4.78 is 32.7. The number of anilines is 2. The largest absolute Gasteiger partial charge is 0.380 e. The van der Waals surface area contributed by atoms with Crippen molar-refractivity contribution < 1.29 is 18.3 Å². The third-order valence-electron chi connectivity index (χ3n) is 5.73. The van der Waals surface area contributed by atoms with Crippen LogP contribution in [0.3, 0.4) is 0 Å². The van der Waals surface area contributed by atoms with Crippen LogP contribution in [0.4, 0.5) is 19.6 Å². The molecule has 3 heterocycles. The highest BCUT2D eigenvalue weighted by molar-refractivity contribution is 7.16. The molecule has 0 saturated heterocycles. The first kappa shape index (κ1) is 19.9. The molecule has 1 amide bonds. The van der Waals surface area contributed by atoms with Crippen molar-refractivity contribution >= 4 is 33.8 Å². The highest BCUT2D eigenvalue weighted by Crippen LogP contribution is 2.49. The van der Waals surface area contributed by atoms with Crippen LogP contribution in [0.2, 0.25) is 0 Å². The Hall–Kier alpha value is -2.39. The maximum atomic E-state index is 13.8. The zero-order valence-corrected chi connectivity index (χ0v) is 17.4. The number of rotatable bonds is 5. The number of methoxy groups -OCH3 is 1. The molecule has 0 bridgehead atoms. The molecular formula is C20H22F2N4O2S. The first-order valence-electron chi connectivity index (χ1n) is 9.39. The van der Waals surface area contributed by atoms with Gasteiger partial charge >= 0.3 is 0 Å². The summed E-state index contributed by atoms with van der Waals surface area (Å²) in [6, 6.07) is 2.42. The number of hydrogen-bond donors (Lipinski definition) is 1. The van der Waals surface area contributed by atoms with Gasteiger partial charge in [0.1, 0.15) is 11.8 Å². The molecule has 0 aromatic carbocycles. The fourth-order valence-electron chi connectivity index (χ4n) is 3.77. The number of aromatic nitrogens is 2. The Balaban J connectivity index is 1.77. The molecule has 1 aliphatic carbocycles. The summed E-state index contributed by atoms with van der Waals surface area (Å²) in [5.74, 6) is -2.50. The van der Waals surface area contributed by atoms with E-state index in [2.05, 4.69) is 28.3 Å². The topological polar surface area (TPSA) is 67.3 Å². The van der Waals surface area contributed by atoms with Crippen molar-refractivity contribution in [3.05, 3.63) is 40.7 Å². The first-order valence-corrected chi connectivity index (χ1v) is 10.2. The first-order chi connectivity index (χ1) is 13.7. The molecule has 3 atom stereocenters. The van der Waals surface area contributed by atoms with Crippen LogP contribution >= 0.6 is 11.3 Å². The Morgan fingerprint density at radius 2 is 2.07 bits per heavy atom. The second-order valence-corrected chi connectivity index (χ2v) is 8.90. The van der Waals surface area contributed by atoms with Gasteiger partial charge in [0.05, 0.1) is 11.4 Å². The normalized spacial score (nSPS) is 23.7. The molecule has 1 saturated carbocycles. The predicted octanol–water partition coefficient (Wildman–Crippen LogP) is 3.94. The maximum absolute atomic E-state index is 13.8. The summed E-state index contributed by atoms with van der Waals surface area (Å²) in [4.78, 5) is 22.8. The average molecular weight is 420 g/mol. The highest BCUT2D eigenvalue weighted by Gasteiger charge is 2.46. The van der Waals surface area contributed by atoms with Crippen molar-refractivity contribution in [3.63, 3.8) is 0 Å². The number of thiazole rings is 1. The number of amides is 1. The number of halogens is 2. The molecule has 2 aromatic rings. The van der Waals surface area contributed by atoms with Gasteiger partial charge in [-0.2, -0.15) is 13.8 Å². The summed E-state index contributed by atoms with van der Waals surface area (Å²) >= 11 is 1.29. The van der Waals surface area contributed by atoms with Crippen LogP contribution in [0.5, 0.6) is 0 Å². The number of nitrogens with zero attached hydrogens (tertiary/aromatic N) is 3. The van der Waals surface area contributed by atoms with E-state index in [0.717, 1.165) is 41.2 Å². The van der Waals surface area contributed by atoms with Gasteiger partial charge in [-0.3, -0.25) is 9.69 Å². The van der Waals surface area contributed by atoms with Crippen molar-refractivity contribution in [2.45, 2.75) is 45.8 Å². The summed E-state index contributed by atoms with van der Waals surface area (Å²) in [6.07, 6.45) is 3.61. The molecule has 3 unspecified atom stereocenters. The Labute approximate surface area is 171 Å². The van der Waals surface area contributed by atoms with E-state index in [9.17, 15) is 13.6 Å². The van der Waals surface area contributed by atoms with Gasteiger partial charge in [-0.05, 0) is 26.7 Å². The Morgan fingerprint density at radius 1 is 1.38 bits per heavy atom. The Bertz CT molecular complexity index is 988. The fourth-order valence-corrected chi connectivity index (χ4v) is 4.72. The van der Waals surface area contributed by atoms with E-state index in [1.54, 1.807) is 6.92 Å². The van der Waals surface area contributed by atoms with Gasteiger partial charge in [-0.25, -0.2) is 4.98 Å². The summed E-state index contributed by atoms with van der Waals surface area (Å²) in [5, 5.41) is 3.83. The van der Waals surface area contributed by atoms with Crippen molar-refractivity contribution in [1.29, 1.82) is 0 Å². The number of hydrogen-bond acceptors (Lipinski definition) is 6. The Morgan fingerprint density at radius 3 is 2.59 bits per heavy atom. The second kappa shape index (κ2) is 7.14. The average Bonchev–Trinajstić information content (AvgIpc) is 3.13. The molecule has 154 valence electrons. The van der Waals surface area contributed by atoms with Crippen molar-refractivity contribution in [2.75, 3.05) is 12.0 Å². The summed E-state index contributed by atoms with van der Waals surface area (Å²) in [7, 11) is 1.40. The van der Waals surface area contributed by atoms with E-state index in [1.807, 2.05) is 6.92 Å². The predicted molar refractivity (Wildman–Crippen MR) is 107 cm³/mol. The van der Waals surface area contributed by atoms with E-state index in [-0.39, 0.29) is 11.1 Å². The van der Waals surface area contributed by atoms with Gasteiger partial charge in [-0.1, -0.05) is 13.0 Å². The maximum Gasteiger partial charge on any atom is 0.262 e. The summed E-state index contributed by atoms with van der Waals surface area (Å²) in [5.41, 5.74) is 1.83. The number of pyridine rings is 1. The van der Waals surface area contributed by atoms with Gasteiger partial charge in [0.15, 0.2) is 5.13 Å². The monoisotopic (exact) mass is 420 g/mol. The zero-order valence-electron chi connectivity index (χ0n) is 16.6. The molecule has 2 aliphatic rings. The van der Waals surface area contributed by atoms with E-state index >= 15 is 0 Å². The van der Waals surface area contributed by atoms with Crippen LogP contribution in [-0.4, -0.2) is 35.1 Å². The van der Waals surface area contributed by atoms with Gasteiger partial charge in [0.2, 0.25) is 11.9 Å². The molecule has 0 radical (unpaired) electrons. The fraction of sp³-hybridized carbons (Fsp3) is 0.450. The van der Waals surface area contributed by atoms with Gasteiger partial charge in [-0.15, -0.1) is 11.3 Å². The number of aryl methyl sites for hydroxylation is 1. The third kappa shape index (κ3) is 3.42. The van der Waals surface area contributed by atoms with E-state index in [1.165, 1.54) is 23.3 Å². The highest BCUT2D eigenvalue weighted by atomic mass is 32.1. The lowest BCUT2D eigenvalue weighted by Gasteiger charge is -2.40. The lowest BCUT2D eigenvalue weighted by Crippen LogP contribution is -2.44. The van der Waals surface area contributed by atoms with Crippen molar-refractivity contribution in [1.82, 2.24) is 15.3 Å². The quantitative estimate of drug-likeness (QED) is 0.743. The van der Waals surface area contributed by atoms with Crippen LogP contribution in [-0.2, 0) is 9.53 Å². The summed E-state index contributed by atoms with van der Waals surface area (Å²) in [6.45, 7) is 5.70. The SMILES string of the molecule is COC(C)C(=O)N(c1cc(F)nc(F)c1)c1nc(C2=CC3(C)CCC3N2)c(C)s1. The lowest BCUT2D eigenvalue weighted by atomic mass is 9.67. The number of fused-ring (bicyclic) bond motifs is 1. The number of nitrogens with one attached hydrogen (secondary N) is 1.